The van der Waals surface area contributed by atoms with Crippen LogP contribution in [0, 0.1) is 13.8 Å². The third-order valence-electron chi connectivity index (χ3n) is 5.41. The van der Waals surface area contributed by atoms with E-state index in [4.69, 9.17) is 9.73 Å². The zero-order valence-corrected chi connectivity index (χ0v) is 22.3. The number of thioether (sulfide) groups is 1. The van der Waals surface area contributed by atoms with E-state index < -0.39 is 0 Å². The smallest absolute Gasteiger partial charge is 0.191 e. The van der Waals surface area contributed by atoms with E-state index >= 15 is 0 Å². The number of hydrogen-bond donors (Lipinski definition) is 2. The summed E-state index contributed by atoms with van der Waals surface area (Å²) in [6.45, 7) is 12.5. The number of aromatic nitrogens is 2. The van der Waals surface area contributed by atoms with Gasteiger partial charge in [-0.25, -0.2) is 9.67 Å². The number of para-hydroxylation sites is 1. The predicted molar refractivity (Wildman–Crippen MR) is 142 cm³/mol. The lowest BCUT2D eigenvalue weighted by Crippen LogP contribution is -2.48. The molecule has 0 saturated carbocycles. The summed E-state index contributed by atoms with van der Waals surface area (Å²) in [7, 11) is 0. The fourth-order valence-corrected chi connectivity index (χ4v) is 5.14. The van der Waals surface area contributed by atoms with Crippen molar-refractivity contribution < 1.29 is 4.74 Å². The van der Waals surface area contributed by atoms with Gasteiger partial charge in [-0.1, -0.05) is 25.1 Å². The summed E-state index contributed by atoms with van der Waals surface area (Å²) in [5.74, 6) is 1.98. The summed E-state index contributed by atoms with van der Waals surface area (Å²) in [5.41, 5.74) is 4.40. The van der Waals surface area contributed by atoms with Crippen LogP contribution in [0.4, 0.5) is 0 Å². The summed E-state index contributed by atoms with van der Waals surface area (Å²) in [4.78, 5) is 4.89. The molecule has 0 atom stereocenters. The van der Waals surface area contributed by atoms with Crippen molar-refractivity contribution in [2.24, 2.45) is 4.99 Å². The van der Waals surface area contributed by atoms with Crippen LogP contribution >= 0.6 is 35.7 Å². The van der Waals surface area contributed by atoms with Gasteiger partial charge in [-0.05, 0) is 57.1 Å². The van der Waals surface area contributed by atoms with Crippen molar-refractivity contribution in [3.05, 3.63) is 47.3 Å². The maximum atomic E-state index is 5.60. The summed E-state index contributed by atoms with van der Waals surface area (Å²) in [6, 6.07) is 10.5. The van der Waals surface area contributed by atoms with Gasteiger partial charge >= 0.3 is 0 Å². The number of ether oxygens (including phenoxy) is 1. The first-order chi connectivity index (χ1) is 14.6. The van der Waals surface area contributed by atoms with Gasteiger partial charge in [0.15, 0.2) is 5.96 Å². The van der Waals surface area contributed by atoms with Gasteiger partial charge in [0.2, 0.25) is 0 Å². The van der Waals surface area contributed by atoms with Gasteiger partial charge < -0.3 is 15.4 Å². The predicted octanol–water partition coefficient (Wildman–Crippen LogP) is 4.46. The molecule has 0 aliphatic carbocycles. The molecule has 1 aromatic heterocycles. The van der Waals surface area contributed by atoms with Gasteiger partial charge in [0.1, 0.15) is 0 Å². The Kier molecular flexibility index (Phi) is 10.6. The molecule has 6 nitrogen and oxygen atoms in total. The second-order valence-corrected chi connectivity index (χ2v) is 9.48. The van der Waals surface area contributed by atoms with Crippen molar-refractivity contribution in [3.8, 4) is 5.69 Å². The molecule has 0 radical (unpaired) electrons. The maximum Gasteiger partial charge on any atom is 0.191 e. The Bertz CT molecular complexity index is 843. The minimum absolute atomic E-state index is 0. The first kappa shape index (κ1) is 26.0. The highest BCUT2D eigenvalue weighted by Gasteiger charge is 2.32. The van der Waals surface area contributed by atoms with E-state index in [-0.39, 0.29) is 28.7 Å². The van der Waals surface area contributed by atoms with E-state index in [9.17, 15) is 0 Å². The monoisotopic (exact) mass is 557 g/mol. The van der Waals surface area contributed by atoms with Crippen LogP contribution < -0.4 is 10.6 Å². The van der Waals surface area contributed by atoms with Crippen molar-refractivity contribution in [1.29, 1.82) is 0 Å². The third kappa shape index (κ3) is 7.12. The van der Waals surface area contributed by atoms with Crippen molar-refractivity contribution >= 4 is 41.7 Å². The molecule has 2 N–H and O–H groups in total. The summed E-state index contributed by atoms with van der Waals surface area (Å²) in [5, 5.41) is 11.7. The summed E-state index contributed by atoms with van der Waals surface area (Å²) >= 11 is 2.04. The Morgan fingerprint density at radius 3 is 2.58 bits per heavy atom. The van der Waals surface area contributed by atoms with Crippen LogP contribution in [-0.4, -0.2) is 52.5 Å². The topological polar surface area (TPSA) is 63.5 Å². The van der Waals surface area contributed by atoms with E-state index in [1.165, 1.54) is 0 Å². The second-order valence-electron chi connectivity index (χ2n) is 7.74. The molecule has 1 aromatic carbocycles. The van der Waals surface area contributed by atoms with Crippen molar-refractivity contribution in [1.82, 2.24) is 20.4 Å². The average molecular weight is 558 g/mol. The number of halogens is 1. The van der Waals surface area contributed by atoms with Crippen LogP contribution in [0.1, 0.15) is 43.6 Å². The number of aryl methyl sites for hydroxylation is 2. The van der Waals surface area contributed by atoms with Crippen LogP contribution in [0.3, 0.4) is 0 Å². The SMILES string of the molecule is CCNC(=NCc1ccccc1-n1nc(C)cc1C)NCC1(SCC)CCOCC1.I. The van der Waals surface area contributed by atoms with Crippen LogP contribution in [0.25, 0.3) is 5.69 Å². The number of nitrogens with one attached hydrogen (secondary N) is 2. The molecule has 2 aromatic rings. The quantitative estimate of drug-likeness (QED) is 0.285. The van der Waals surface area contributed by atoms with E-state index in [0.29, 0.717) is 6.54 Å². The van der Waals surface area contributed by atoms with Crippen molar-refractivity contribution in [2.75, 3.05) is 32.1 Å². The molecule has 31 heavy (non-hydrogen) atoms. The Hall–Kier alpha value is -1.26. The Morgan fingerprint density at radius 1 is 1.19 bits per heavy atom. The molecule has 1 saturated heterocycles. The standard InChI is InChI=1S/C23H35N5OS.HI/c1-5-24-22(26-17-23(30-6-2)11-13-29-14-12-23)25-16-20-9-7-8-10-21(20)28-19(4)15-18(3)27-28;/h7-10,15H,5-6,11-14,16-17H2,1-4H3,(H2,24,25,26);1H. The van der Waals surface area contributed by atoms with Crippen molar-refractivity contribution in [3.63, 3.8) is 0 Å². The molecule has 172 valence electrons. The molecule has 0 unspecified atom stereocenters. The molecule has 1 fully saturated rings. The van der Waals surface area contributed by atoms with Crippen molar-refractivity contribution in [2.45, 2.75) is 51.8 Å². The van der Waals surface area contributed by atoms with Crippen LogP contribution in [0.5, 0.6) is 0 Å². The minimum Gasteiger partial charge on any atom is -0.381 e. The Balaban J connectivity index is 0.00000341. The first-order valence-corrected chi connectivity index (χ1v) is 11.9. The highest BCUT2D eigenvalue weighted by molar-refractivity contribution is 14.0. The lowest BCUT2D eigenvalue weighted by atomic mass is 9.99. The van der Waals surface area contributed by atoms with Gasteiger partial charge in [0, 0.05) is 36.7 Å². The van der Waals surface area contributed by atoms with Crippen LogP contribution in [0.2, 0.25) is 0 Å². The number of nitrogens with zero attached hydrogens (tertiary/aromatic N) is 3. The van der Waals surface area contributed by atoms with Crippen LogP contribution in [-0.2, 0) is 11.3 Å². The van der Waals surface area contributed by atoms with Gasteiger partial charge in [-0.2, -0.15) is 16.9 Å². The number of rotatable bonds is 8. The molecular weight excluding hydrogens is 521 g/mol. The van der Waals surface area contributed by atoms with Gasteiger partial charge in [-0.3, -0.25) is 0 Å². The number of guanidine groups is 1. The van der Waals surface area contributed by atoms with Gasteiger partial charge in [-0.15, -0.1) is 24.0 Å². The molecule has 1 aliphatic heterocycles. The van der Waals surface area contributed by atoms with E-state index in [0.717, 1.165) is 73.5 Å². The molecule has 3 rings (SSSR count). The molecule has 0 amide bonds. The molecular formula is C23H36IN5OS. The number of aliphatic imine (C=N–C) groups is 1. The Morgan fingerprint density at radius 2 is 1.94 bits per heavy atom. The number of hydrogen-bond acceptors (Lipinski definition) is 4. The third-order valence-corrected chi connectivity index (χ3v) is 6.87. The first-order valence-electron chi connectivity index (χ1n) is 10.9. The fourth-order valence-electron chi connectivity index (χ4n) is 3.90. The van der Waals surface area contributed by atoms with E-state index in [1.54, 1.807) is 0 Å². The molecule has 0 bridgehead atoms. The average Bonchev–Trinajstić information content (AvgIpc) is 3.09. The minimum atomic E-state index is 0. The lowest BCUT2D eigenvalue weighted by Gasteiger charge is -2.37. The molecule has 0 spiro atoms. The van der Waals surface area contributed by atoms with E-state index in [1.807, 2.05) is 23.4 Å². The largest absolute Gasteiger partial charge is 0.381 e. The summed E-state index contributed by atoms with van der Waals surface area (Å²) in [6.07, 6.45) is 2.16. The fraction of sp³-hybridized carbons (Fsp3) is 0.565. The number of benzene rings is 1. The van der Waals surface area contributed by atoms with E-state index in [2.05, 4.69) is 66.8 Å². The highest BCUT2D eigenvalue weighted by atomic mass is 127. The van der Waals surface area contributed by atoms with Crippen LogP contribution in [0.15, 0.2) is 35.3 Å². The zero-order valence-electron chi connectivity index (χ0n) is 19.1. The molecule has 1 aliphatic rings. The highest BCUT2D eigenvalue weighted by Crippen LogP contribution is 2.34. The van der Waals surface area contributed by atoms with Gasteiger partial charge in [0.05, 0.1) is 17.9 Å². The molecule has 2 heterocycles. The maximum absolute atomic E-state index is 5.60. The Labute approximate surface area is 208 Å². The van der Waals surface area contributed by atoms with Gasteiger partial charge in [0.25, 0.3) is 0 Å². The normalized spacial score (nSPS) is 15.9. The zero-order chi connectivity index (χ0) is 21.4. The molecule has 8 heteroatoms. The summed E-state index contributed by atoms with van der Waals surface area (Å²) < 4.78 is 7.84. The second kappa shape index (κ2) is 12.7. The lowest BCUT2D eigenvalue weighted by molar-refractivity contribution is 0.0782.